The van der Waals surface area contributed by atoms with Gasteiger partial charge in [0.05, 0.1) is 11.8 Å². The molecular formula is C19H18ClNO3S. The van der Waals surface area contributed by atoms with E-state index in [1.165, 1.54) is 10.3 Å². The number of sulfone groups is 1. The maximum atomic E-state index is 13.1. The van der Waals surface area contributed by atoms with Crippen molar-refractivity contribution in [2.75, 3.05) is 10.7 Å². The van der Waals surface area contributed by atoms with Crippen molar-refractivity contribution in [2.45, 2.75) is 19.9 Å². The molecule has 1 aliphatic rings. The summed E-state index contributed by atoms with van der Waals surface area (Å²) in [5.41, 5.74) is 3.28. The molecule has 0 spiro atoms. The van der Waals surface area contributed by atoms with Crippen molar-refractivity contribution >= 4 is 33.0 Å². The van der Waals surface area contributed by atoms with E-state index in [1.54, 1.807) is 30.3 Å². The molecule has 0 radical (unpaired) electrons. The molecule has 0 saturated heterocycles. The molecule has 6 heteroatoms. The Morgan fingerprint density at radius 3 is 2.32 bits per heavy atom. The molecule has 0 bridgehead atoms. The number of halogens is 1. The van der Waals surface area contributed by atoms with Crippen LogP contribution in [-0.4, -0.2) is 26.1 Å². The molecular weight excluding hydrogens is 358 g/mol. The molecule has 4 nitrogen and oxygen atoms in total. The van der Waals surface area contributed by atoms with Crippen molar-refractivity contribution in [1.82, 2.24) is 0 Å². The number of anilines is 1. The molecule has 0 unspecified atom stereocenters. The maximum absolute atomic E-state index is 13.1. The van der Waals surface area contributed by atoms with Crippen LogP contribution in [-0.2, 0) is 9.84 Å². The average Bonchev–Trinajstić information content (AvgIpc) is 2.91. The average molecular weight is 376 g/mol. The Kier molecular flexibility index (Phi) is 4.71. The fourth-order valence-electron chi connectivity index (χ4n) is 2.79. The Labute approximate surface area is 152 Å². The summed E-state index contributed by atoms with van der Waals surface area (Å²) in [4.78, 5) is 14.6. The van der Waals surface area contributed by atoms with Gasteiger partial charge in [-0.1, -0.05) is 17.7 Å². The summed E-state index contributed by atoms with van der Waals surface area (Å²) in [6.07, 6.45) is 1.57. The molecule has 130 valence electrons. The SMILES string of the molecule is Cc1ccc(N(C(=O)c2ccc(Cl)cc2)[C@@H]2C=CS(=O)(=O)C2)cc1C. The molecule has 0 fully saturated rings. The van der Waals surface area contributed by atoms with Gasteiger partial charge in [-0.3, -0.25) is 4.79 Å². The first-order valence-electron chi connectivity index (χ1n) is 7.84. The van der Waals surface area contributed by atoms with Crippen LogP contribution in [0.5, 0.6) is 0 Å². The van der Waals surface area contributed by atoms with Gasteiger partial charge in [0.25, 0.3) is 5.91 Å². The lowest BCUT2D eigenvalue weighted by Gasteiger charge is -2.28. The third-order valence-electron chi connectivity index (χ3n) is 4.32. The Balaban J connectivity index is 2.05. The molecule has 1 atom stereocenters. The Bertz CT molecular complexity index is 949. The van der Waals surface area contributed by atoms with Crippen LogP contribution in [0.3, 0.4) is 0 Å². The van der Waals surface area contributed by atoms with E-state index < -0.39 is 15.9 Å². The predicted octanol–water partition coefficient (Wildman–Crippen LogP) is 3.91. The molecule has 25 heavy (non-hydrogen) atoms. The van der Waals surface area contributed by atoms with Crippen LogP contribution in [0.1, 0.15) is 21.5 Å². The van der Waals surface area contributed by atoms with Gasteiger partial charge in [0, 0.05) is 21.7 Å². The molecule has 0 saturated carbocycles. The Hall–Kier alpha value is -2.11. The maximum Gasteiger partial charge on any atom is 0.258 e. The van der Waals surface area contributed by atoms with E-state index in [2.05, 4.69) is 0 Å². The van der Waals surface area contributed by atoms with E-state index in [4.69, 9.17) is 11.6 Å². The lowest BCUT2D eigenvalue weighted by atomic mass is 10.1. The number of rotatable bonds is 3. The fraction of sp³-hybridized carbons (Fsp3) is 0.211. The van der Waals surface area contributed by atoms with Crippen LogP contribution in [0.4, 0.5) is 5.69 Å². The van der Waals surface area contributed by atoms with Gasteiger partial charge in [-0.05, 0) is 67.4 Å². The van der Waals surface area contributed by atoms with E-state index in [1.807, 2.05) is 32.0 Å². The number of hydrogen-bond donors (Lipinski definition) is 0. The normalized spacial score (nSPS) is 18.3. The fourth-order valence-corrected chi connectivity index (χ4v) is 4.18. The van der Waals surface area contributed by atoms with Crippen LogP contribution >= 0.6 is 11.6 Å². The number of aryl methyl sites for hydroxylation is 2. The monoisotopic (exact) mass is 375 g/mol. The standard InChI is InChI=1S/C19H18ClNO3S/c1-13-3-8-17(11-14(13)2)21(18-9-10-25(23,24)12-18)19(22)15-4-6-16(20)7-5-15/h3-11,18H,12H2,1-2H3/t18-/m1/s1. The zero-order valence-electron chi connectivity index (χ0n) is 13.9. The third-order valence-corrected chi connectivity index (χ3v) is 5.95. The van der Waals surface area contributed by atoms with E-state index in [0.29, 0.717) is 16.3 Å². The summed E-state index contributed by atoms with van der Waals surface area (Å²) in [7, 11) is -3.28. The summed E-state index contributed by atoms with van der Waals surface area (Å²) in [6, 6.07) is 11.7. The van der Waals surface area contributed by atoms with Crippen molar-refractivity contribution in [3.8, 4) is 0 Å². The summed E-state index contributed by atoms with van der Waals surface area (Å²) in [6.45, 7) is 3.95. The van der Waals surface area contributed by atoms with Crippen molar-refractivity contribution in [3.63, 3.8) is 0 Å². The van der Waals surface area contributed by atoms with Gasteiger partial charge in [0.15, 0.2) is 9.84 Å². The zero-order chi connectivity index (χ0) is 18.2. The molecule has 2 aromatic rings. The van der Waals surface area contributed by atoms with Crippen molar-refractivity contribution in [2.24, 2.45) is 0 Å². The van der Waals surface area contributed by atoms with Crippen LogP contribution in [0, 0.1) is 13.8 Å². The van der Waals surface area contributed by atoms with Crippen molar-refractivity contribution < 1.29 is 13.2 Å². The van der Waals surface area contributed by atoms with E-state index in [-0.39, 0.29) is 11.7 Å². The minimum absolute atomic E-state index is 0.112. The molecule has 3 rings (SSSR count). The number of nitrogens with zero attached hydrogens (tertiary/aromatic N) is 1. The summed E-state index contributed by atoms with van der Waals surface area (Å²) in [5.74, 6) is -0.370. The smallest absolute Gasteiger partial charge is 0.258 e. The zero-order valence-corrected chi connectivity index (χ0v) is 15.5. The number of hydrogen-bond acceptors (Lipinski definition) is 3. The third kappa shape index (κ3) is 3.78. The number of carbonyl (C=O) groups excluding carboxylic acids is 1. The van der Waals surface area contributed by atoms with E-state index in [0.717, 1.165) is 11.1 Å². The van der Waals surface area contributed by atoms with Crippen LogP contribution in [0.25, 0.3) is 0 Å². The van der Waals surface area contributed by atoms with E-state index in [9.17, 15) is 13.2 Å². The van der Waals surface area contributed by atoms with Gasteiger partial charge in [-0.25, -0.2) is 8.42 Å². The summed E-state index contributed by atoms with van der Waals surface area (Å²) >= 11 is 5.90. The van der Waals surface area contributed by atoms with Gasteiger partial charge in [0.2, 0.25) is 0 Å². The van der Waals surface area contributed by atoms with Crippen LogP contribution in [0.2, 0.25) is 5.02 Å². The first kappa shape index (κ1) is 17.7. The number of benzene rings is 2. The molecule has 1 heterocycles. The summed E-state index contributed by atoms with van der Waals surface area (Å²) < 4.78 is 23.7. The predicted molar refractivity (Wildman–Crippen MR) is 101 cm³/mol. The van der Waals surface area contributed by atoms with Crippen molar-refractivity contribution in [3.05, 3.63) is 75.7 Å². The first-order chi connectivity index (χ1) is 11.8. The number of amides is 1. The highest BCUT2D eigenvalue weighted by molar-refractivity contribution is 7.94. The molecule has 0 N–H and O–H groups in total. The van der Waals surface area contributed by atoms with Crippen molar-refractivity contribution in [1.29, 1.82) is 0 Å². The largest absolute Gasteiger partial charge is 0.300 e. The van der Waals surface area contributed by atoms with E-state index >= 15 is 0 Å². The van der Waals surface area contributed by atoms with Gasteiger partial charge in [0.1, 0.15) is 0 Å². The minimum atomic E-state index is -3.28. The topological polar surface area (TPSA) is 54.5 Å². The Morgan fingerprint density at radius 2 is 1.76 bits per heavy atom. The number of carbonyl (C=O) groups is 1. The lowest BCUT2D eigenvalue weighted by Crippen LogP contribution is -2.41. The summed E-state index contributed by atoms with van der Waals surface area (Å²) in [5, 5.41) is 1.72. The minimum Gasteiger partial charge on any atom is -0.300 e. The highest BCUT2D eigenvalue weighted by Crippen LogP contribution is 2.27. The molecule has 0 aromatic heterocycles. The van der Waals surface area contributed by atoms with Crippen LogP contribution in [0.15, 0.2) is 53.9 Å². The quantitative estimate of drug-likeness (QED) is 0.817. The second-order valence-corrected chi connectivity index (χ2v) is 8.54. The lowest BCUT2D eigenvalue weighted by molar-refractivity contribution is 0.0983. The molecule has 1 amide bonds. The molecule has 2 aromatic carbocycles. The molecule has 0 aliphatic carbocycles. The van der Waals surface area contributed by atoms with Gasteiger partial charge >= 0.3 is 0 Å². The second kappa shape index (κ2) is 6.65. The van der Waals surface area contributed by atoms with Gasteiger partial charge in [-0.15, -0.1) is 0 Å². The molecule has 1 aliphatic heterocycles. The second-order valence-electron chi connectivity index (χ2n) is 6.18. The highest BCUT2D eigenvalue weighted by atomic mass is 35.5. The van der Waals surface area contributed by atoms with Crippen LogP contribution < -0.4 is 4.90 Å². The van der Waals surface area contributed by atoms with Gasteiger partial charge < -0.3 is 4.90 Å². The van der Waals surface area contributed by atoms with Gasteiger partial charge in [-0.2, -0.15) is 0 Å². The first-order valence-corrected chi connectivity index (χ1v) is 9.93. The highest BCUT2D eigenvalue weighted by Gasteiger charge is 2.32. The Morgan fingerprint density at radius 1 is 1.08 bits per heavy atom.